The lowest BCUT2D eigenvalue weighted by Gasteiger charge is -2.07. The molecule has 2 aromatic heterocycles. The molecule has 0 radical (unpaired) electrons. The second-order valence-corrected chi connectivity index (χ2v) is 6.97. The van der Waals surface area contributed by atoms with Gasteiger partial charge in [-0.3, -0.25) is 9.36 Å². The summed E-state index contributed by atoms with van der Waals surface area (Å²) in [5, 5.41) is 2.73. The monoisotopic (exact) mass is 396 g/mol. The van der Waals surface area contributed by atoms with Crippen LogP contribution < -0.4 is 5.32 Å². The molecule has 0 saturated carbocycles. The molecule has 0 spiro atoms. The number of rotatable bonds is 5. The number of hydrogen-bond acceptors (Lipinski definition) is 4. The molecule has 28 heavy (non-hydrogen) atoms. The maximum absolute atomic E-state index is 13.2. The number of imidazole rings is 1. The lowest BCUT2D eigenvalue weighted by molar-refractivity contribution is -0.113. The number of pyridine rings is 1. The van der Waals surface area contributed by atoms with E-state index in [4.69, 9.17) is 0 Å². The molecule has 0 aliphatic carbocycles. The summed E-state index contributed by atoms with van der Waals surface area (Å²) in [5.74, 6) is -1.36. The zero-order chi connectivity index (χ0) is 19.5. The van der Waals surface area contributed by atoms with Crippen molar-refractivity contribution in [3.63, 3.8) is 0 Å². The first kappa shape index (κ1) is 18.1. The van der Waals surface area contributed by atoms with Gasteiger partial charge in [-0.25, -0.2) is 18.7 Å². The van der Waals surface area contributed by atoms with Crippen LogP contribution in [0.25, 0.3) is 16.9 Å². The third-order valence-corrected chi connectivity index (χ3v) is 4.99. The lowest BCUT2D eigenvalue weighted by atomic mass is 10.3. The lowest BCUT2D eigenvalue weighted by Crippen LogP contribution is -2.14. The number of hydrogen-bond donors (Lipinski definition) is 1. The van der Waals surface area contributed by atoms with Crippen LogP contribution in [0, 0.1) is 11.6 Å². The van der Waals surface area contributed by atoms with Crippen molar-refractivity contribution in [3.8, 4) is 5.82 Å². The molecule has 140 valence electrons. The number of halogens is 2. The number of benzene rings is 2. The topological polar surface area (TPSA) is 59.8 Å². The van der Waals surface area contributed by atoms with Crippen LogP contribution in [-0.2, 0) is 4.79 Å². The smallest absolute Gasteiger partial charge is 0.234 e. The number of nitrogens with one attached hydrogen (secondary N) is 1. The average Bonchev–Trinajstić information content (AvgIpc) is 3.14. The summed E-state index contributed by atoms with van der Waals surface area (Å²) in [6.45, 7) is 0. The number of carbonyl (C=O) groups is 1. The van der Waals surface area contributed by atoms with E-state index in [1.165, 1.54) is 6.07 Å². The third kappa shape index (κ3) is 3.86. The number of carbonyl (C=O) groups excluding carboxylic acids is 1. The molecule has 4 rings (SSSR count). The number of fused-ring (bicyclic) bond motifs is 1. The number of thioether (sulfide) groups is 1. The first-order valence-corrected chi connectivity index (χ1v) is 9.35. The quantitative estimate of drug-likeness (QED) is 0.507. The van der Waals surface area contributed by atoms with Gasteiger partial charge in [0.2, 0.25) is 5.91 Å². The maximum atomic E-state index is 13.2. The number of nitrogens with zero attached hydrogens (tertiary/aromatic N) is 3. The van der Waals surface area contributed by atoms with E-state index in [1.54, 1.807) is 24.7 Å². The van der Waals surface area contributed by atoms with Crippen molar-refractivity contribution < 1.29 is 13.6 Å². The third-order valence-electron chi connectivity index (χ3n) is 3.99. The minimum absolute atomic E-state index is 0.0684. The Balaban J connectivity index is 1.40. The van der Waals surface area contributed by atoms with Gasteiger partial charge in [0.05, 0.1) is 28.7 Å². The number of para-hydroxylation sites is 2. The summed E-state index contributed by atoms with van der Waals surface area (Å²) in [4.78, 5) is 21.3. The van der Waals surface area contributed by atoms with E-state index in [0.717, 1.165) is 34.9 Å². The molecular formula is C20H14F2N4OS. The Hall–Kier alpha value is -3.26. The van der Waals surface area contributed by atoms with E-state index in [1.807, 2.05) is 28.8 Å². The van der Waals surface area contributed by atoms with E-state index in [2.05, 4.69) is 15.3 Å². The summed E-state index contributed by atoms with van der Waals surface area (Å²) in [5.41, 5.74) is 2.36. The fraction of sp³-hybridized carbons (Fsp3) is 0.0500. The SMILES string of the molecule is O=C(CSc1ccc(F)c(F)c1)Nc1ccc(-n2cnc3ccccc32)nc1. The van der Waals surface area contributed by atoms with E-state index in [9.17, 15) is 13.6 Å². The van der Waals surface area contributed by atoms with Crippen LogP contribution >= 0.6 is 11.8 Å². The Morgan fingerprint density at radius 3 is 2.68 bits per heavy atom. The predicted molar refractivity (Wildman–Crippen MR) is 105 cm³/mol. The first-order chi connectivity index (χ1) is 13.6. The van der Waals surface area contributed by atoms with Gasteiger partial charge >= 0.3 is 0 Å². The van der Waals surface area contributed by atoms with E-state index < -0.39 is 11.6 Å². The molecule has 8 heteroatoms. The van der Waals surface area contributed by atoms with Crippen molar-refractivity contribution in [2.45, 2.75) is 4.90 Å². The molecule has 2 aromatic carbocycles. The Morgan fingerprint density at radius 1 is 1.04 bits per heavy atom. The van der Waals surface area contributed by atoms with Gasteiger partial charge in [0, 0.05) is 4.90 Å². The molecule has 0 atom stereocenters. The summed E-state index contributed by atoms with van der Waals surface area (Å²) in [6, 6.07) is 14.8. The van der Waals surface area contributed by atoms with Gasteiger partial charge in [-0.1, -0.05) is 12.1 Å². The van der Waals surface area contributed by atoms with E-state index in [-0.39, 0.29) is 11.7 Å². The fourth-order valence-corrected chi connectivity index (χ4v) is 3.38. The summed E-state index contributed by atoms with van der Waals surface area (Å²) in [6.07, 6.45) is 3.26. The van der Waals surface area contributed by atoms with Crippen LogP contribution in [0.2, 0.25) is 0 Å². The van der Waals surface area contributed by atoms with Gasteiger partial charge in [-0.2, -0.15) is 0 Å². The molecule has 0 aliphatic heterocycles. The van der Waals surface area contributed by atoms with Crippen LogP contribution in [0.1, 0.15) is 0 Å². The Kier molecular flexibility index (Phi) is 5.03. The molecule has 4 aromatic rings. The molecule has 2 heterocycles. The van der Waals surface area contributed by atoms with Crippen LogP contribution in [0.15, 0.2) is 72.0 Å². The zero-order valence-corrected chi connectivity index (χ0v) is 15.3. The maximum Gasteiger partial charge on any atom is 0.234 e. The van der Waals surface area contributed by atoms with Gasteiger partial charge in [0.15, 0.2) is 11.6 Å². The molecule has 0 aliphatic rings. The molecule has 1 amide bonds. The van der Waals surface area contributed by atoms with Gasteiger partial charge in [-0.15, -0.1) is 11.8 Å². The largest absolute Gasteiger partial charge is 0.324 e. The van der Waals surface area contributed by atoms with Crippen molar-refractivity contribution >= 4 is 34.4 Å². The van der Waals surface area contributed by atoms with E-state index >= 15 is 0 Å². The molecule has 1 N–H and O–H groups in total. The fourth-order valence-electron chi connectivity index (χ4n) is 2.66. The number of aromatic nitrogens is 3. The highest BCUT2D eigenvalue weighted by molar-refractivity contribution is 8.00. The normalized spacial score (nSPS) is 10.9. The highest BCUT2D eigenvalue weighted by Gasteiger charge is 2.08. The molecular weight excluding hydrogens is 382 g/mol. The van der Waals surface area contributed by atoms with Crippen molar-refractivity contribution in [2.24, 2.45) is 0 Å². The molecule has 0 fully saturated rings. The van der Waals surface area contributed by atoms with Gasteiger partial charge in [-0.05, 0) is 42.5 Å². The zero-order valence-electron chi connectivity index (χ0n) is 14.5. The van der Waals surface area contributed by atoms with Gasteiger partial charge in [0.25, 0.3) is 0 Å². The van der Waals surface area contributed by atoms with Crippen LogP contribution in [0.3, 0.4) is 0 Å². The predicted octanol–water partition coefficient (Wildman–Crippen LogP) is 4.43. The summed E-state index contributed by atoms with van der Waals surface area (Å²) < 4.78 is 28.0. The molecule has 0 saturated heterocycles. The van der Waals surface area contributed by atoms with Gasteiger partial charge < -0.3 is 5.32 Å². The second-order valence-electron chi connectivity index (χ2n) is 5.92. The van der Waals surface area contributed by atoms with Crippen molar-refractivity contribution in [3.05, 3.63) is 78.8 Å². The highest BCUT2D eigenvalue weighted by atomic mass is 32.2. The van der Waals surface area contributed by atoms with Crippen LogP contribution in [0.5, 0.6) is 0 Å². The van der Waals surface area contributed by atoms with E-state index in [0.29, 0.717) is 16.4 Å². The Bertz CT molecular complexity index is 1140. The minimum atomic E-state index is -0.933. The van der Waals surface area contributed by atoms with Crippen LogP contribution in [-0.4, -0.2) is 26.2 Å². The van der Waals surface area contributed by atoms with Crippen molar-refractivity contribution in [1.29, 1.82) is 0 Å². The molecule has 5 nitrogen and oxygen atoms in total. The molecule has 0 bridgehead atoms. The van der Waals surface area contributed by atoms with Crippen molar-refractivity contribution in [2.75, 3.05) is 11.1 Å². The Labute approximate surface area is 163 Å². The molecule has 0 unspecified atom stereocenters. The average molecular weight is 396 g/mol. The summed E-state index contributed by atoms with van der Waals surface area (Å²) in [7, 11) is 0. The standard InChI is InChI=1S/C20H14F2N4OS/c21-15-7-6-14(9-16(15)22)28-11-20(27)25-13-5-8-19(23-10-13)26-12-24-17-3-1-2-4-18(17)26/h1-10,12H,11H2,(H,25,27). The van der Waals surface area contributed by atoms with Crippen LogP contribution in [0.4, 0.5) is 14.5 Å². The number of amides is 1. The minimum Gasteiger partial charge on any atom is -0.324 e. The second kappa shape index (κ2) is 7.77. The summed E-state index contributed by atoms with van der Waals surface area (Å²) >= 11 is 1.12. The van der Waals surface area contributed by atoms with Gasteiger partial charge in [0.1, 0.15) is 12.1 Å². The number of anilines is 1. The first-order valence-electron chi connectivity index (χ1n) is 8.36. The highest BCUT2D eigenvalue weighted by Crippen LogP contribution is 2.21. The van der Waals surface area contributed by atoms with Crippen molar-refractivity contribution in [1.82, 2.24) is 14.5 Å². The Morgan fingerprint density at radius 2 is 1.89 bits per heavy atom.